The summed E-state index contributed by atoms with van der Waals surface area (Å²) in [6, 6.07) is 31.9. The van der Waals surface area contributed by atoms with Crippen LogP contribution in [-0.2, 0) is 0 Å². The van der Waals surface area contributed by atoms with Gasteiger partial charge in [0.1, 0.15) is 12.4 Å². The first kappa shape index (κ1) is 18.7. The van der Waals surface area contributed by atoms with Crippen LogP contribution in [0.1, 0.15) is 5.69 Å². The Labute approximate surface area is 180 Å². The lowest BCUT2D eigenvalue weighted by Gasteiger charge is -2.08. The number of nitrogens with zero attached hydrogens (tertiary/aromatic N) is 2. The van der Waals surface area contributed by atoms with Crippen LogP contribution in [-0.4, -0.2) is 16.6 Å². The predicted octanol–water partition coefficient (Wildman–Crippen LogP) is 5.96. The van der Waals surface area contributed by atoms with Crippen molar-refractivity contribution in [1.82, 2.24) is 9.97 Å². The third-order valence-electron chi connectivity index (χ3n) is 4.85. The fourth-order valence-electron chi connectivity index (χ4n) is 3.33. The Hall–Kier alpha value is -4.36. The summed E-state index contributed by atoms with van der Waals surface area (Å²) >= 11 is 0. The summed E-state index contributed by atoms with van der Waals surface area (Å²) in [6.07, 6.45) is 0. The van der Waals surface area contributed by atoms with Crippen LogP contribution in [0.2, 0.25) is 0 Å². The van der Waals surface area contributed by atoms with Gasteiger partial charge in [0.2, 0.25) is 0 Å². The first-order valence-electron chi connectivity index (χ1n) is 10.0. The highest BCUT2D eigenvalue weighted by molar-refractivity contribution is 5.83. The second-order valence-electron chi connectivity index (χ2n) is 7.00. The zero-order chi connectivity index (χ0) is 20.9. The van der Waals surface area contributed by atoms with Gasteiger partial charge in [0.05, 0.1) is 11.0 Å². The van der Waals surface area contributed by atoms with Crippen LogP contribution in [0.5, 0.6) is 5.75 Å². The first-order valence-corrected chi connectivity index (χ1v) is 10.0. The van der Waals surface area contributed by atoms with E-state index in [4.69, 9.17) is 14.7 Å². The molecule has 0 bridgehead atoms. The van der Waals surface area contributed by atoms with Crippen molar-refractivity contribution in [3.05, 3.63) is 103 Å². The molecule has 0 saturated heterocycles. The average Bonchev–Trinajstić information content (AvgIpc) is 2.82. The molecule has 0 spiro atoms. The Morgan fingerprint density at radius 2 is 1.42 bits per heavy atom. The van der Waals surface area contributed by atoms with Gasteiger partial charge in [-0.05, 0) is 53.1 Å². The molecule has 0 atom stereocenters. The van der Waals surface area contributed by atoms with Crippen LogP contribution in [0.25, 0.3) is 21.8 Å². The lowest BCUT2D eigenvalue weighted by molar-refractivity contribution is 0.371. The number of hydrogen-bond acceptors (Lipinski definition) is 4. The molecular formula is C27H19N3O. The largest absolute Gasteiger partial charge is 0.481 e. The van der Waals surface area contributed by atoms with Crippen molar-refractivity contribution in [3.8, 4) is 17.6 Å². The monoisotopic (exact) mass is 401 g/mol. The molecule has 4 heteroatoms. The van der Waals surface area contributed by atoms with E-state index in [-0.39, 0.29) is 6.61 Å². The van der Waals surface area contributed by atoms with E-state index in [0.717, 1.165) is 27.9 Å². The molecule has 1 aromatic heterocycles. The van der Waals surface area contributed by atoms with Gasteiger partial charge in [-0.2, -0.15) is 0 Å². The number of nitrogens with one attached hydrogen (secondary N) is 1. The van der Waals surface area contributed by atoms with Gasteiger partial charge in [0.15, 0.2) is 11.5 Å². The van der Waals surface area contributed by atoms with Gasteiger partial charge in [-0.25, -0.2) is 9.97 Å². The molecule has 4 nitrogen and oxygen atoms in total. The van der Waals surface area contributed by atoms with E-state index in [9.17, 15) is 0 Å². The van der Waals surface area contributed by atoms with E-state index in [1.807, 2.05) is 78.9 Å². The van der Waals surface area contributed by atoms with E-state index in [1.165, 1.54) is 5.39 Å². The van der Waals surface area contributed by atoms with Gasteiger partial charge in [-0.3, -0.25) is 0 Å². The second-order valence-corrected chi connectivity index (χ2v) is 7.00. The standard InChI is InChI=1S/C27H19N3O/c1-2-11-22(12-3-1)28-27-26(29-24-13-6-7-14-25(24)30-27)15-8-18-31-23-17-16-20-9-4-5-10-21(20)19-23/h1-7,9-14,16-17,19H,18H2,(H,28,30). The molecule has 0 aliphatic carbocycles. The maximum atomic E-state index is 5.84. The van der Waals surface area contributed by atoms with Crippen molar-refractivity contribution in [2.75, 3.05) is 11.9 Å². The Balaban J connectivity index is 1.39. The van der Waals surface area contributed by atoms with Crippen molar-refractivity contribution < 1.29 is 4.74 Å². The van der Waals surface area contributed by atoms with Crippen LogP contribution in [0.3, 0.4) is 0 Å². The molecule has 4 aromatic carbocycles. The number of fused-ring (bicyclic) bond motifs is 2. The smallest absolute Gasteiger partial charge is 0.165 e. The molecule has 0 aliphatic heterocycles. The molecule has 0 unspecified atom stereocenters. The highest BCUT2D eigenvalue weighted by Gasteiger charge is 2.07. The number of benzene rings is 4. The third-order valence-corrected chi connectivity index (χ3v) is 4.85. The highest BCUT2D eigenvalue weighted by Crippen LogP contribution is 2.21. The molecule has 5 rings (SSSR count). The van der Waals surface area contributed by atoms with Gasteiger partial charge in [0, 0.05) is 5.69 Å². The van der Waals surface area contributed by atoms with Crippen molar-refractivity contribution >= 4 is 33.3 Å². The summed E-state index contributed by atoms with van der Waals surface area (Å²) < 4.78 is 5.84. The lowest BCUT2D eigenvalue weighted by atomic mass is 10.1. The lowest BCUT2D eigenvalue weighted by Crippen LogP contribution is -2.01. The van der Waals surface area contributed by atoms with Crippen LogP contribution < -0.4 is 10.1 Å². The molecule has 0 saturated carbocycles. The molecule has 0 aliphatic rings. The van der Waals surface area contributed by atoms with Crippen LogP contribution >= 0.6 is 0 Å². The minimum absolute atomic E-state index is 0.262. The van der Waals surface area contributed by atoms with Gasteiger partial charge in [0.25, 0.3) is 0 Å². The number of ether oxygens (including phenoxy) is 1. The SMILES string of the molecule is C(#Cc1nc2ccccc2nc1Nc1ccccc1)COc1ccc2ccccc2c1. The number of hydrogen-bond donors (Lipinski definition) is 1. The normalized spacial score (nSPS) is 10.5. The summed E-state index contributed by atoms with van der Waals surface area (Å²) in [4.78, 5) is 9.43. The zero-order valence-electron chi connectivity index (χ0n) is 16.7. The van der Waals surface area contributed by atoms with E-state index in [1.54, 1.807) is 0 Å². The third kappa shape index (κ3) is 4.31. The molecule has 31 heavy (non-hydrogen) atoms. The number of anilines is 2. The molecule has 148 valence electrons. The predicted molar refractivity (Wildman–Crippen MR) is 126 cm³/mol. The molecule has 0 amide bonds. The molecule has 1 N–H and O–H groups in total. The van der Waals surface area contributed by atoms with Crippen molar-refractivity contribution in [3.63, 3.8) is 0 Å². The summed E-state index contributed by atoms with van der Waals surface area (Å²) in [6.45, 7) is 0.262. The topological polar surface area (TPSA) is 47.0 Å². The molecule has 0 radical (unpaired) electrons. The first-order chi connectivity index (χ1) is 15.3. The van der Waals surface area contributed by atoms with Crippen LogP contribution in [0.4, 0.5) is 11.5 Å². The van der Waals surface area contributed by atoms with E-state index in [0.29, 0.717) is 11.5 Å². The van der Waals surface area contributed by atoms with E-state index in [2.05, 4.69) is 35.4 Å². The highest BCUT2D eigenvalue weighted by atomic mass is 16.5. The molecule has 5 aromatic rings. The Morgan fingerprint density at radius 1 is 0.710 bits per heavy atom. The summed E-state index contributed by atoms with van der Waals surface area (Å²) in [7, 11) is 0. The zero-order valence-corrected chi connectivity index (χ0v) is 16.7. The number of para-hydroxylation sites is 3. The van der Waals surface area contributed by atoms with Gasteiger partial charge in [-0.15, -0.1) is 0 Å². The van der Waals surface area contributed by atoms with E-state index < -0.39 is 0 Å². The fourth-order valence-corrected chi connectivity index (χ4v) is 3.33. The van der Waals surface area contributed by atoms with Gasteiger partial charge < -0.3 is 10.1 Å². The second kappa shape index (κ2) is 8.56. The molecule has 0 fully saturated rings. The Bertz CT molecular complexity index is 1420. The maximum Gasteiger partial charge on any atom is 0.165 e. The van der Waals surface area contributed by atoms with Crippen LogP contribution in [0.15, 0.2) is 97.1 Å². The summed E-state index contributed by atoms with van der Waals surface area (Å²) in [5.74, 6) is 7.62. The summed E-state index contributed by atoms with van der Waals surface area (Å²) in [5, 5.41) is 5.65. The number of aromatic nitrogens is 2. The molecule has 1 heterocycles. The Kier molecular flexibility index (Phi) is 5.15. The number of rotatable bonds is 4. The van der Waals surface area contributed by atoms with Gasteiger partial charge >= 0.3 is 0 Å². The van der Waals surface area contributed by atoms with Crippen molar-refractivity contribution in [1.29, 1.82) is 0 Å². The quantitative estimate of drug-likeness (QED) is 0.378. The van der Waals surface area contributed by atoms with Crippen LogP contribution in [0, 0.1) is 11.8 Å². The molecular weight excluding hydrogens is 382 g/mol. The minimum atomic E-state index is 0.262. The summed E-state index contributed by atoms with van der Waals surface area (Å²) in [5.41, 5.74) is 3.15. The minimum Gasteiger partial charge on any atom is -0.481 e. The van der Waals surface area contributed by atoms with Crippen molar-refractivity contribution in [2.45, 2.75) is 0 Å². The average molecular weight is 401 g/mol. The fraction of sp³-hybridized carbons (Fsp3) is 0.0370. The maximum absolute atomic E-state index is 5.84. The van der Waals surface area contributed by atoms with E-state index >= 15 is 0 Å². The van der Waals surface area contributed by atoms with Gasteiger partial charge in [-0.1, -0.05) is 66.6 Å². The van der Waals surface area contributed by atoms with Crippen molar-refractivity contribution in [2.24, 2.45) is 0 Å². The Morgan fingerprint density at radius 3 is 2.26 bits per heavy atom.